The highest BCUT2D eigenvalue weighted by atomic mass is 16.1. The summed E-state index contributed by atoms with van der Waals surface area (Å²) in [5, 5.41) is 2.86. The summed E-state index contributed by atoms with van der Waals surface area (Å²) in [5.74, 6) is 0.0983. The molecule has 0 aromatic heterocycles. The second kappa shape index (κ2) is 6.17. The zero-order valence-electron chi connectivity index (χ0n) is 11.8. The van der Waals surface area contributed by atoms with E-state index < -0.39 is 0 Å². The lowest BCUT2D eigenvalue weighted by Crippen LogP contribution is -2.27. The lowest BCUT2D eigenvalue weighted by atomic mass is 10.1. The van der Waals surface area contributed by atoms with Gasteiger partial charge in [0, 0.05) is 18.3 Å². The van der Waals surface area contributed by atoms with Crippen LogP contribution in [0.5, 0.6) is 0 Å². The number of amides is 1. The summed E-state index contributed by atoms with van der Waals surface area (Å²) in [6.07, 6.45) is 2.56. The van der Waals surface area contributed by atoms with Gasteiger partial charge in [-0.2, -0.15) is 0 Å². The van der Waals surface area contributed by atoms with Crippen LogP contribution in [0.4, 0.5) is 5.69 Å². The van der Waals surface area contributed by atoms with Crippen LogP contribution in [-0.4, -0.2) is 37.0 Å². The molecule has 3 N–H and O–H groups in total. The van der Waals surface area contributed by atoms with Crippen molar-refractivity contribution in [3.63, 3.8) is 0 Å². The molecule has 0 radical (unpaired) electrons. The predicted octanol–water partition coefficient (Wildman–Crippen LogP) is 1.39. The van der Waals surface area contributed by atoms with Crippen LogP contribution < -0.4 is 11.1 Å². The van der Waals surface area contributed by atoms with Gasteiger partial charge in [-0.3, -0.25) is 4.79 Å². The Kier molecular flexibility index (Phi) is 4.56. The van der Waals surface area contributed by atoms with Crippen molar-refractivity contribution in [3.05, 3.63) is 29.3 Å². The van der Waals surface area contributed by atoms with Gasteiger partial charge in [0.25, 0.3) is 0 Å². The number of hydrogen-bond donors (Lipinski definition) is 2. The van der Waals surface area contributed by atoms with E-state index in [9.17, 15) is 4.79 Å². The summed E-state index contributed by atoms with van der Waals surface area (Å²) < 4.78 is 0. The Balaban J connectivity index is 1.84. The highest BCUT2D eigenvalue weighted by Gasteiger charge is 2.17. The molecular weight excluding hydrogens is 238 g/mol. The summed E-state index contributed by atoms with van der Waals surface area (Å²) in [7, 11) is 2.13. The monoisotopic (exact) mass is 261 g/mol. The van der Waals surface area contributed by atoms with E-state index in [1.807, 2.05) is 13.0 Å². The molecule has 1 aromatic rings. The number of nitrogens with zero attached hydrogens (tertiary/aromatic N) is 1. The maximum absolute atomic E-state index is 11.3. The van der Waals surface area contributed by atoms with Crippen LogP contribution in [0.1, 0.15) is 24.5 Å². The summed E-state index contributed by atoms with van der Waals surface area (Å²) in [6, 6.07) is 6.52. The molecule has 0 aliphatic carbocycles. The molecule has 0 saturated carbocycles. The van der Waals surface area contributed by atoms with E-state index in [0.717, 1.165) is 37.2 Å². The van der Waals surface area contributed by atoms with Gasteiger partial charge in [0.1, 0.15) is 0 Å². The molecule has 0 bridgehead atoms. The van der Waals surface area contributed by atoms with E-state index in [1.54, 1.807) is 0 Å². The van der Waals surface area contributed by atoms with Gasteiger partial charge in [-0.15, -0.1) is 0 Å². The fourth-order valence-electron chi connectivity index (χ4n) is 2.29. The normalized spacial score (nSPS) is 15.5. The molecule has 104 valence electrons. The van der Waals surface area contributed by atoms with Crippen molar-refractivity contribution in [3.8, 4) is 0 Å². The Hall–Kier alpha value is -1.39. The number of nitrogens with two attached hydrogens (primary N) is 1. The molecule has 1 aliphatic rings. The third-order valence-corrected chi connectivity index (χ3v) is 3.54. The summed E-state index contributed by atoms with van der Waals surface area (Å²) in [4.78, 5) is 13.6. The van der Waals surface area contributed by atoms with Crippen LogP contribution in [0.3, 0.4) is 0 Å². The van der Waals surface area contributed by atoms with Gasteiger partial charge < -0.3 is 16.0 Å². The van der Waals surface area contributed by atoms with Gasteiger partial charge in [-0.1, -0.05) is 12.1 Å². The first-order valence-corrected chi connectivity index (χ1v) is 6.90. The van der Waals surface area contributed by atoms with Crippen molar-refractivity contribution in [1.29, 1.82) is 0 Å². The minimum atomic E-state index is 0.0983. The Labute approximate surface area is 115 Å². The zero-order chi connectivity index (χ0) is 13.8. The molecular formula is C15H23N3O. The third-order valence-electron chi connectivity index (χ3n) is 3.54. The minimum Gasteiger partial charge on any atom is -0.328 e. The van der Waals surface area contributed by atoms with Gasteiger partial charge >= 0.3 is 0 Å². The Morgan fingerprint density at radius 3 is 2.95 bits per heavy atom. The number of fused-ring (bicyclic) bond motifs is 1. The van der Waals surface area contributed by atoms with Crippen molar-refractivity contribution < 1.29 is 4.79 Å². The second-order valence-electron chi connectivity index (χ2n) is 5.54. The SMILES string of the molecule is CC(N)CCN(C)CCc1ccc2c(c1)CC(=O)N2. The average Bonchev–Trinajstić information content (AvgIpc) is 2.73. The van der Waals surface area contributed by atoms with E-state index in [2.05, 4.69) is 29.4 Å². The Morgan fingerprint density at radius 1 is 1.42 bits per heavy atom. The molecule has 1 atom stereocenters. The van der Waals surface area contributed by atoms with E-state index >= 15 is 0 Å². The molecule has 0 fully saturated rings. The first-order valence-electron chi connectivity index (χ1n) is 6.90. The molecule has 4 heteroatoms. The van der Waals surface area contributed by atoms with Gasteiger partial charge in [0.05, 0.1) is 6.42 Å². The molecule has 1 heterocycles. The average molecular weight is 261 g/mol. The summed E-state index contributed by atoms with van der Waals surface area (Å²) in [5.41, 5.74) is 9.15. The lowest BCUT2D eigenvalue weighted by Gasteiger charge is -2.17. The largest absolute Gasteiger partial charge is 0.328 e. The minimum absolute atomic E-state index is 0.0983. The number of hydrogen-bond acceptors (Lipinski definition) is 3. The molecule has 0 saturated heterocycles. The van der Waals surface area contributed by atoms with Crippen LogP contribution in [-0.2, 0) is 17.6 Å². The van der Waals surface area contributed by atoms with Gasteiger partial charge in [0.2, 0.25) is 5.91 Å². The maximum Gasteiger partial charge on any atom is 0.228 e. The quantitative estimate of drug-likeness (QED) is 0.813. The molecule has 1 amide bonds. The van der Waals surface area contributed by atoms with Gasteiger partial charge in [-0.25, -0.2) is 0 Å². The van der Waals surface area contributed by atoms with Gasteiger partial charge in [-0.05, 0) is 50.6 Å². The Bertz CT molecular complexity index is 457. The van der Waals surface area contributed by atoms with E-state index in [-0.39, 0.29) is 11.9 Å². The molecule has 1 aliphatic heterocycles. The highest BCUT2D eigenvalue weighted by Crippen LogP contribution is 2.23. The number of likely N-dealkylation sites (N-methyl/N-ethyl adjacent to an activating group) is 1. The molecule has 19 heavy (non-hydrogen) atoms. The standard InChI is InChI=1S/C15H23N3O/c1-11(16)5-7-18(2)8-6-12-3-4-14-13(9-12)10-15(19)17-14/h3-4,9,11H,5-8,10,16H2,1-2H3,(H,17,19). The topological polar surface area (TPSA) is 58.4 Å². The van der Waals surface area contributed by atoms with Crippen LogP contribution in [0, 0.1) is 0 Å². The van der Waals surface area contributed by atoms with Crippen LogP contribution >= 0.6 is 0 Å². The molecule has 0 spiro atoms. The van der Waals surface area contributed by atoms with E-state index in [4.69, 9.17) is 5.73 Å². The lowest BCUT2D eigenvalue weighted by molar-refractivity contribution is -0.115. The summed E-state index contributed by atoms with van der Waals surface area (Å²) in [6.45, 7) is 4.09. The number of nitrogens with one attached hydrogen (secondary N) is 1. The van der Waals surface area contributed by atoms with Crippen molar-refractivity contribution in [2.24, 2.45) is 5.73 Å². The zero-order valence-corrected chi connectivity index (χ0v) is 11.8. The first-order chi connectivity index (χ1) is 9.04. The van der Waals surface area contributed by atoms with Crippen molar-refractivity contribution in [2.75, 3.05) is 25.5 Å². The fraction of sp³-hybridized carbons (Fsp3) is 0.533. The van der Waals surface area contributed by atoms with E-state index in [0.29, 0.717) is 6.42 Å². The fourth-order valence-corrected chi connectivity index (χ4v) is 2.29. The first kappa shape index (κ1) is 14.0. The van der Waals surface area contributed by atoms with E-state index in [1.165, 1.54) is 5.56 Å². The number of carbonyl (C=O) groups is 1. The summed E-state index contributed by atoms with van der Waals surface area (Å²) >= 11 is 0. The van der Waals surface area contributed by atoms with Crippen LogP contribution in [0.15, 0.2) is 18.2 Å². The van der Waals surface area contributed by atoms with Crippen molar-refractivity contribution in [1.82, 2.24) is 4.90 Å². The second-order valence-corrected chi connectivity index (χ2v) is 5.54. The van der Waals surface area contributed by atoms with Crippen LogP contribution in [0.25, 0.3) is 0 Å². The highest BCUT2D eigenvalue weighted by molar-refractivity contribution is 5.99. The Morgan fingerprint density at radius 2 is 2.21 bits per heavy atom. The molecule has 1 aromatic carbocycles. The third kappa shape index (κ3) is 4.04. The van der Waals surface area contributed by atoms with Crippen LogP contribution in [0.2, 0.25) is 0 Å². The molecule has 2 rings (SSSR count). The molecule has 1 unspecified atom stereocenters. The van der Waals surface area contributed by atoms with Crippen molar-refractivity contribution in [2.45, 2.75) is 32.2 Å². The van der Waals surface area contributed by atoms with Crippen molar-refractivity contribution >= 4 is 11.6 Å². The number of benzene rings is 1. The number of anilines is 1. The molecule has 4 nitrogen and oxygen atoms in total. The van der Waals surface area contributed by atoms with Gasteiger partial charge in [0.15, 0.2) is 0 Å². The smallest absolute Gasteiger partial charge is 0.228 e. The number of rotatable bonds is 6. The maximum atomic E-state index is 11.3. The predicted molar refractivity (Wildman–Crippen MR) is 78.2 cm³/mol. The number of carbonyl (C=O) groups excluding carboxylic acids is 1.